The van der Waals surface area contributed by atoms with Gasteiger partial charge in [0.2, 0.25) is 5.82 Å². The van der Waals surface area contributed by atoms with Gasteiger partial charge in [0.15, 0.2) is 0 Å². The molecule has 0 unspecified atom stereocenters. The molecule has 0 saturated heterocycles. The topological polar surface area (TPSA) is 68.5 Å². The Bertz CT molecular complexity index is 707. The molecule has 0 atom stereocenters. The van der Waals surface area contributed by atoms with E-state index in [0.717, 1.165) is 30.0 Å². The van der Waals surface area contributed by atoms with E-state index >= 15 is 0 Å². The first-order valence-electron chi connectivity index (χ1n) is 6.88. The fraction of sp³-hybridized carbons (Fsp3) is 0.200. The Hall–Kier alpha value is -2.60. The fourth-order valence-corrected chi connectivity index (χ4v) is 1.97. The van der Waals surface area contributed by atoms with Crippen molar-refractivity contribution in [2.75, 3.05) is 6.54 Å². The van der Waals surface area contributed by atoms with Crippen LogP contribution in [0.1, 0.15) is 12.6 Å². The Labute approximate surface area is 122 Å². The van der Waals surface area contributed by atoms with Gasteiger partial charge in [-0.2, -0.15) is 0 Å². The second-order valence-electron chi connectivity index (χ2n) is 4.55. The molecule has 0 bridgehead atoms. The molecule has 0 saturated carbocycles. The van der Waals surface area contributed by atoms with Gasteiger partial charge >= 0.3 is 0 Å². The highest BCUT2D eigenvalue weighted by Crippen LogP contribution is 2.13. The summed E-state index contributed by atoms with van der Waals surface area (Å²) >= 11 is 0. The SMILES string of the molecule is CCNCc1cc(-n2nnc(-c3ccccc3)n2)ccn1. The number of nitrogens with one attached hydrogen (secondary N) is 1. The summed E-state index contributed by atoms with van der Waals surface area (Å²) < 4.78 is 0. The minimum absolute atomic E-state index is 0.612. The third-order valence-corrected chi connectivity index (χ3v) is 3.03. The number of aromatic nitrogens is 5. The van der Waals surface area contributed by atoms with Crippen LogP contribution >= 0.6 is 0 Å². The number of nitrogens with zero attached hydrogens (tertiary/aromatic N) is 5. The van der Waals surface area contributed by atoms with Crippen molar-refractivity contribution in [1.82, 2.24) is 30.5 Å². The van der Waals surface area contributed by atoms with Crippen LogP contribution in [0, 0.1) is 0 Å². The third-order valence-electron chi connectivity index (χ3n) is 3.03. The zero-order valence-corrected chi connectivity index (χ0v) is 11.8. The Morgan fingerprint density at radius 1 is 1.14 bits per heavy atom. The molecule has 106 valence electrons. The maximum atomic E-state index is 4.42. The van der Waals surface area contributed by atoms with Gasteiger partial charge in [-0.3, -0.25) is 4.98 Å². The molecular formula is C15H16N6. The Morgan fingerprint density at radius 3 is 2.81 bits per heavy atom. The van der Waals surface area contributed by atoms with E-state index in [0.29, 0.717) is 5.82 Å². The van der Waals surface area contributed by atoms with E-state index in [1.54, 1.807) is 6.20 Å². The van der Waals surface area contributed by atoms with Gasteiger partial charge in [-0.15, -0.1) is 15.0 Å². The molecule has 6 heteroatoms. The van der Waals surface area contributed by atoms with Gasteiger partial charge < -0.3 is 5.32 Å². The third kappa shape index (κ3) is 3.11. The van der Waals surface area contributed by atoms with Gasteiger partial charge in [-0.25, -0.2) is 0 Å². The Morgan fingerprint density at radius 2 is 2.00 bits per heavy atom. The van der Waals surface area contributed by atoms with Crippen molar-refractivity contribution < 1.29 is 0 Å². The van der Waals surface area contributed by atoms with Crippen molar-refractivity contribution in [3.05, 3.63) is 54.4 Å². The van der Waals surface area contributed by atoms with Gasteiger partial charge in [-0.05, 0) is 23.9 Å². The first-order chi connectivity index (χ1) is 10.4. The summed E-state index contributed by atoms with van der Waals surface area (Å²) in [6, 6.07) is 13.6. The molecule has 6 nitrogen and oxygen atoms in total. The lowest BCUT2D eigenvalue weighted by molar-refractivity contribution is 0.695. The monoisotopic (exact) mass is 280 g/mol. The zero-order valence-electron chi connectivity index (χ0n) is 11.8. The van der Waals surface area contributed by atoms with Gasteiger partial charge in [0.25, 0.3) is 0 Å². The summed E-state index contributed by atoms with van der Waals surface area (Å²) in [6.45, 7) is 3.70. The minimum Gasteiger partial charge on any atom is -0.311 e. The molecule has 2 aromatic heterocycles. The second kappa shape index (κ2) is 6.23. The highest BCUT2D eigenvalue weighted by molar-refractivity contribution is 5.53. The van der Waals surface area contributed by atoms with Crippen LogP contribution in [-0.4, -0.2) is 31.7 Å². The summed E-state index contributed by atoms with van der Waals surface area (Å²) in [4.78, 5) is 5.84. The first-order valence-corrected chi connectivity index (χ1v) is 6.88. The van der Waals surface area contributed by atoms with Crippen LogP contribution in [-0.2, 0) is 6.54 Å². The standard InChI is InChI=1S/C15H16N6/c1-2-16-11-13-10-14(8-9-17-13)21-19-15(18-20-21)12-6-4-3-5-7-12/h3-10,16H,2,11H2,1H3. The van der Waals surface area contributed by atoms with Gasteiger partial charge in [0, 0.05) is 18.3 Å². The van der Waals surface area contributed by atoms with Crippen LogP contribution in [0.2, 0.25) is 0 Å². The Kier molecular flexibility index (Phi) is 3.97. The number of benzene rings is 1. The van der Waals surface area contributed by atoms with Crippen LogP contribution in [0.25, 0.3) is 17.1 Å². The van der Waals surface area contributed by atoms with Crippen LogP contribution in [0.4, 0.5) is 0 Å². The molecular weight excluding hydrogens is 264 g/mol. The van der Waals surface area contributed by atoms with Crippen LogP contribution in [0.5, 0.6) is 0 Å². The van der Waals surface area contributed by atoms with Crippen molar-refractivity contribution in [1.29, 1.82) is 0 Å². The first kappa shape index (κ1) is 13.4. The van der Waals surface area contributed by atoms with Gasteiger partial charge in [0.05, 0.1) is 11.4 Å². The largest absolute Gasteiger partial charge is 0.311 e. The van der Waals surface area contributed by atoms with Crippen LogP contribution in [0.15, 0.2) is 48.7 Å². The van der Waals surface area contributed by atoms with Crippen molar-refractivity contribution in [2.45, 2.75) is 13.5 Å². The molecule has 0 aliphatic rings. The molecule has 1 N–H and O–H groups in total. The summed E-state index contributed by atoms with van der Waals surface area (Å²) in [5, 5.41) is 15.9. The maximum absolute atomic E-state index is 4.42. The molecule has 0 aliphatic heterocycles. The second-order valence-corrected chi connectivity index (χ2v) is 4.55. The molecule has 21 heavy (non-hydrogen) atoms. The van der Waals surface area contributed by atoms with E-state index in [9.17, 15) is 0 Å². The van der Waals surface area contributed by atoms with Crippen molar-refractivity contribution >= 4 is 0 Å². The molecule has 0 fully saturated rings. The maximum Gasteiger partial charge on any atom is 0.205 e. The van der Waals surface area contributed by atoms with E-state index in [-0.39, 0.29) is 0 Å². The molecule has 0 spiro atoms. The van der Waals surface area contributed by atoms with Crippen molar-refractivity contribution in [3.63, 3.8) is 0 Å². The molecule has 1 aromatic carbocycles. The molecule has 3 aromatic rings. The highest BCUT2D eigenvalue weighted by atomic mass is 15.6. The summed E-state index contributed by atoms with van der Waals surface area (Å²) in [5.41, 5.74) is 2.76. The molecule has 2 heterocycles. The predicted octanol–water partition coefficient (Wildman–Crippen LogP) is 1.83. The summed E-state index contributed by atoms with van der Waals surface area (Å²) in [6.07, 6.45) is 1.76. The normalized spacial score (nSPS) is 10.7. The van der Waals surface area contributed by atoms with E-state index < -0.39 is 0 Å². The van der Waals surface area contributed by atoms with Gasteiger partial charge in [-0.1, -0.05) is 37.3 Å². The average Bonchev–Trinajstić information content (AvgIpc) is 3.04. The number of hydrogen-bond donors (Lipinski definition) is 1. The number of pyridine rings is 1. The summed E-state index contributed by atoms with van der Waals surface area (Å²) in [7, 11) is 0. The summed E-state index contributed by atoms with van der Waals surface area (Å²) in [5.74, 6) is 0.612. The van der Waals surface area contributed by atoms with E-state index in [2.05, 4.69) is 32.6 Å². The molecule has 3 rings (SSSR count). The lowest BCUT2D eigenvalue weighted by Gasteiger charge is -2.03. The van der Waals surface area contributed by atoms with E-state index in [4.69, 9.17) is 0 Å². The lowest BCUT2D eigenvalue weighted by atomic mass is 10.2. The smallest absolute Gasteiger partial charge is 0.205 e. The molecule has 0 amide bonds. The van der Waals surface area contributed by atoms with Gasteiger partial charge in [0.1, 0.15) is 0 Å². The van der Waals surface area contributed by atoms with E-state index in [1.165, 1.54) is 4.80 Å². The van der Waals surface area contributed by atoms with Crippen LogP contribution < -0.4 is 5.32 Å². The fourth-order valence-electron chi connectivity index (χ4n) is 1.97. The predicted molar refractivity (Wildman–Crippen MR) is 79.8 cm³/mol. The number of tetrazole rings is 1. The highest BCUT2D eigenvalue weighted by Gasteiger charge is 2.07. The molecule has 0 aliphatic carbocycles. The zero-order chi connectivity index (χ0) is 14.5. The van der Waals surface area contributed by atoms with Crippen LogP contribution in [0.3, 0.4) is 0 Å². The lowest BCUT2D eigenvalue weighted by Crippen LogP contribution is -2.13. The Balaban J connectivity index is 1.86. The average molecular weight is 280 g/mol. The quantitative estimate of drug-likeness (QED) is 0.772. The number of rotatable bonds is 5. The number of hydrogen-bond acceptors (Lipinski definition) is 5. The van der Waals surface area contributed by atoms with Crippen molar-refractivity contribution in [3.8, 4) is 17.1 Å². The van der Waals surface area contributed by atoms with Crippen molar-refractivity contribution in [2.24, 2.45) is 0 Å². The minimum atomic E-state index is 0.612. The van der Waals surface area contributed by atoms with E-state index in [1.807, 2.05) is 42.5 Å². The molecule has 0 radical (unpaired) electrons.